The van der Waals surface area contributed by atoms with Gasteiger partial charge in [0.05, 0.1) is 0 Å². The number of halogens is 1. The van der Waals surface area contributed by atoms with Gasteiger partial charge in [-0.2, -0.15) is 0 Å². The van der Waals surface area contributed by atoms with Gasteiger partial charge in [-0.3, -0.25) is 0 Å². The van der Waals surface area contributed by atoms with Gasteiger partial charge in [0.15, 0.2) is 0 Å². The number of hydrogen-bond acceptors (Lipinski definition) is 1. The highest BCUT2D eigenvalue weighted by Crippen LogP contribution is 2.30. The molecule has 0 fully saturated rings. The molecule has 0 radical (unpaired) electrons. The SMILES string of the molecule is CCCCCNCCn1c(C)c(Br)c2ccccc21. The summed E-state index contributed by atoms with van der Waals surface area (Å²) in [7, 11) is 0. The van der Waals surface area contributed by atoms with Crippen LogP contribution in [0, 0.1) is 6.92 Å². The fraction of sp³-hybridized carbons (Fsp3) is 0.500. The summed E-state index contributed by atoms with van der Waals surface area (Å²) in [6.07, 6.45) is 3.89. The highest BCUT2D eigenvalue weighted by molar-refractivity contribution is 9.10. The number of nitrogens with one attached hydrogen (secondary N) is 1. The van der Waals surface area contributed by atoms with E-state index < -0.39 is 0 Å². The van der Waals surface area contributed by atoms with E-state index in [2.05, 4.69) is 63.9 Å². The first-order valence-corrected chi connectivity index (χ1v) is 7.99. The first-order chi connectivity index (χ1) is 9.25. The van der Waals surface area contributed by atoms with Crippen LogP contribution in [0.3, 0.4) is 0 Å². The van der Waals surface area contributed by atoms with Gasteiger partial charge in [0.2, 0.25) is 0 Å². The van der Waals surface area contributed by atoms with Crippen molar-refractivity contribution in [3.8, 4) is 0 Å². The minimum atomic E-state index is 1.03. The summed E-state index contributed by atoms with van der Waals surface area (Å²) in [5.41, 5.74) is 2.64. The largest absolute Gasteiger partial charge is 0.342 e. The van der Waals surface area contributed by atoms with Crippen molar-refractivity contribution < 1.29 is 0 Å². The second-order valence-corrected chi connectivity index (χ2v) is 5.82. The summed E-state index contributed by atoms with van der Waals surface area (Å²) < 4.78 is 3.63. The molecule has 2 nitrogen and oxygen atoms in total. The van der Waals surface area contributed by atoms with Crippen LogP contribution in [0.1, 0.15) is 31.9 Å². The van der Waals surface area contributed by atoms with Crippen molar-refractivity contribution in [2.45, 2.75) is 39.7 Å². The smallest absolute Gasteiger partial charge is 0.0494 e. The third-order valence-electron chi connectivity index (χ3n) is 3.62. The van der Waals surface area contributed by atoms with E-state index in [1.165, 1.54) is 40.3 Å². The van der Waals surface area contributed by atoms with Gasteiger partial charge in [-0.05, 0) is 41.9 Å². The maximum absolute atomic E-state index is 3.70. The average Bonchev–Trinajstić information content (AvgIpc) is 2.68. The lowest BCUT2D eigenvalue weighted by molar-refractivity contribution is 0.572. The number of fused-ring (bicyclic) bond motifs is 1. The van der Waals surface area contributed by atoms with Crippen LogP contribution in [-0.4, -0.2) is 17.7 Å². The average molecular weight is 323 g/mol. The Kier molecular flexibility index (Phi) is 5.46. The van der Waals surface area contributed by atoms with Crippen molar-refractivity contribution in [3.63, 3.8) is 0 Å². The molecule has 0 spiro atoms. The van der Waals surface area contributed by atoms with E-state index >= 15 is 0 Å². The fourth-order valence-electron chi connectivity index (χ4n) is 2.49. The van der Waals surface area contributed by atoms with Gasteiger partial charge in [-0.25, -0.2) is 0 Å². The molecule has 1 aromatic heterocycles. The number of aromatic nitrogens is 1. The molecule has 0 amide bonds. The Hall–Kier alpha value is -0.800. The molecule has 1 aromatic carbocycles. The molecule has 2 rings (SSSR count). The van der Waals surface area contributed by atoms with Crippen molar-refractivity contribution >= 4 is 26.8 Å². The lowest BCUT2D eigenvalue weighted by atomic mass is 10.2. The van der Waals surface area contributed by atoms with Gasteiger partial charge in [0.25, 0.3) is 0 Å². The first kappa shape index (κ1) is 14.6. The molecule has 0 saturated heterocycles. The van der Waals surface area contributed by atoms with Crippen LogP contribution in [-0.2, 0) is 6.54 Å². The molecule has 0 aliphatic heterocycles. The molecule has 2 aromatic rings. The van der Waals surface area contributed by atoms with E-state index in [4.69, 9.17) is 0 Å². The van der Waals surface area contributed by atoms with E-state index in [0.717, 1.165) is 19.6 Å². The number of rotatable bonds is 7. The molecular weight excluding hydrogens is 300 g/mol. The second-order valence-electron chi connectivity index (χ2n) is 5.03. The zero-order valence-corrected chi connectivity index (χ0v) is 13.5. The van der Waals surface area contributed by atoms with Crippen LogP contribution < -0.4 is 5.32 Å². The molecule has 0 bridgehead atoms. The van der Waals surface area contributed by atoms with Crippen molar-refractivity contribution in [2.24, 2.45) is 0 Å². The standard InChI is InChI=1S/C16H23BrN2/c1-3-4-7-10-18-11-12-19-13(2)16(17)14-8-5-6-9-15(14)19/h5-6,8-9,18H,3-4,7,10-12H2,1-2H3. The van der Waals surface area contributed by atoms with Crippen LogP contribution >= 0.6 is 15.9 Å². The summed E-state index contributed by atoms with van der Waals surface area (Å²) >= 11 is 3.70. The molecule has 1 N–H and O–H groups in total. The van der Waals surface area contributed by atoms with Crippen LogP contribution in [0.2, 0.25) is 0 Å². The molecule has 0 saturated carbocycles. The topological polar surface area (TPSA) is 17.0 Å². The summed E-state index contributed by atoms with van der Waals surface area (Å²) in [6, 6.07) is 8.58. The molecule has 19 heavy (non-hydrogen) atoms. The zero-order valence-electron chi connectivity index (χ0n) is 11.9. The Morgan fingerprint density at radius 3 is 2.74 bits per heavy atom. The Morgan fingerprint density at radius 2 is 1.95 bits per heavy atom. The predicted octanol–water partition coefficient (Wildman–Crippen LogP) is 4.49. The molecule has 104 valence electrons. The number of benzene rings is 1. The Morgan fingerprint density at radius 1 is 1.16 bits per heavy atom. The van der Waals surface area contributed by atoms with Crippen LogP contribution in [0.4, 0.5) is 0 Å². The van der Waals surface area contributed by atoms with E-state index in [9.17, 15) is 0 Å². The summed E-state index contributed by atoms with van der Waals surface area (Å²) in [4.78, 5) is 0. The highest BCUT2D eigenvalue weighted by atomic mass is 79.9. The fourth-order valence-corrected chi connectivity index (χ4v) is 3.04. The lowest BCUT2D eigenvalue weighted by Crippen LogP contribution is -2.21. The van der Waals surface area contributed by atoms with Crippen LogP contribution in [0.5, 0.6) is 0 Å². The van der Waals surface area contributed by atoms with Gasteiger partial charge >= 0.3 is 0 Å². The Balaban J connectivity index is 1.99. The van der Waals surface area contributed by atoms with Crippen molar-refractivity contribution in [3.05, 3.63) is 34.4 Å². The van der Waals surface area contributed by atoms with Crippen molar-refractivity contribution in [2.75, 3.05) is 13.1 Å². The molecular formula is C16H23BrN2. The Labute approximate surface area is 124 Å². The molecule has 0 aliphatic rings. The number of para-hydroxylation sites is 1. The first-order valence-electron chi connectivity index (χ1n) is 7.19. The molecule has 0 unspecified atom stereocenters. The van der Waals surface area contributed by atoms with E-state index in [1.54, 1.807) is 0 Å². The molecule has 3 heteroatoms. The van der Waals surface area contributed by atoms with E-state index in [1.807, 2.05) is 0 Å². The van der Waals surface area contributed by atoms with Crippen molar-refractivity contribution in [1.82, 2.24) is 9.88 Å². The summed E-state index contributed by atoms with van der Waals surface area (Å²) in [5.74, 6) is 0. The maximum atomic E-state index is 3.70. The third kappa shape index (κ3) is 3.40. The minimum Gasteiger partial charge on any atom is -0.342 e. The van der Waals surface area contributed by atoms with E-state index in [-0.39, 0.29) is 0 Å². The summed E-state index contributed by atoms with van der Waals surface area (Å²) in [5, 5.41) is 4.84. The second kappa shape index (κ2) is 7.11. The number of nitrogens with zero attached hydrogens (tertiary/aromatic N) is 1. The van der Waals surface area contributed by atoms with Crippen LogP contribution in [0.25, 0.3) is 10.9 Å². The lowest BCUT2D eigenvalue weighted by Gasteiger charge is -2.09. The molecule has 1 heterocycles. The molecule has 0 atom stereocenters. The number of unbranched alkanes of at least 4 members (excludes halogenated alkanes) is 2. The Bertz CT molecular complexity index is 531. The normalized spacial score (nSPS) is 11.3. The monoisotopic (exact) mass is 322 g/mol. The quantitative estimate of drug-likeness (QED) is 0.743. The van der Waals surface area contributed by atoms with Gasteiger partial charge in [0, 0.05) is 34.2 Å². The third-order valence-corrected chi connectivity index (χ3v) is 4.62. The van der Waals surface area contributed by atoms with Crippen LogP contribution in [0.15, 0.2) is 28.7 Å². The highest BCUT2D eigenvalue weighted by Gasteiger charge is 2.10. The predicted molar refractivity (Wildman–Crippen MR) is 86.8 cm³/mol. The molecule has 0 aliphatic carbocycles. The zero-order chi connectivity index (χ0) is 13.7. The van der Waals surface area contributed by atoms with Gasteiger partial charge in [-0.1, -0.05) is 38.0 Å². The summed E-state index contributed by atoms with van der Waals surface area (Å²) in [6.45, 7) is 7.63. The van der Waals surface area contributed by atoms with E-state index in [0.29, 0.717) is 0 Å². The van der Waals surface area contributed by atoms with Gasteiger partial charge in [0.1, 0.15) is 0 Å². The van der Waals surface area contributed by atoms with Gasteiger partial charge in [-0.15, -0.1) is 0 Å². The number of hydrogen-bond donors (Lipinski definition) is 1. The minimum absolute atomic E-state index is 1.03. The maximum Gasteiger partial charge on any atom is 0.0494 e. The van der Waals surface area contributed by atoms with Gasteiger partial charge < -0.3 is 9.88 Å². The van der Waals surface area contributed by atoms with Crippen molar-refractivity contribution in [1.29, 1.82) is 0 Å².